The van der Waals surface area contributed by atoms with E-state index in [-0.39, 0.29) is 12.0 Å². The molecule has 1 N–H and O–H groups in total. The van der Waals surface area contributed by atoms with Crippen LogP contribution in [0.15, 0.2) is 22.9 Å². The third kappa shape index (κ3) is 3.29. The lowest BCUT2D eigenvalue weighted by Gasteiger charge is -2.23. The van der Waals surface area contributed by atoms with Crippen molar-refractivity contribution in [3.63, 3.8) is 0 Å². The first-order chi connectivity index (χ1) is 10.1. The van der Waals surface area contributed by atoms with Gasteiger partial charge in [0.15, 0.2) is 0 Å². The number of aromatic nitrogens is 3. The molecule has 0 aliphatic rings. The summed E-state index contributed by atoms with van der Waals surface area (Å²) in [4.78, 5) is 9.00. The second kappa shape index (κ2) is 6.80. The van der Waals surface area contributed by atoms with Gasteiger partial charge in [0.25, 0.3) is 0 Å². The van der Waals surface area contributed by atoms with E-state index in [9.17, 15) is 0 Å². The molecule has 0 fully saturated rings. The Bertz CT molecular complexity index is 579. The van der Waals surface area contributed by atoms with Crippen LogP contribution in [0.4, 0.5) is 0 Å². The van der Waals surface area contributed by atoms with E-state index >= 15 is 0 Å². The summed E-state index contributed by atoms with van der Waals surface area (Å²) in [5.41, 5.74) is 1.95. The molecule has 2 atom stereocenters. The monoisotopic (exact) mass is 288 g/mol. The van der Waals surface area contributed by atoms with Gasteiger partial charge >= 0.3 is 0 Å². The molecular weight excluding hydrogens is 264 g/mol. The number of nitrogens with one attached hydrogen (secondary N) is 1. The maximum absolute atomic E-state index is 5.52. The van der Waals surface area contributed by atoms with Gasteiger partial charge in [-0.05, 0) is 37.9 Å². The van der Waals surface area contributed by atoms with E-state index < -0.39 is 0 Å². The smallest absolute Gasteiger partial charge is 0.231 e. The van der Waals surface area contributed by atoms with Crippen molar-refractivity contribution >= 4 is 0 Å². The highest BCUT2D eigenvalue weighted by Gasteiger charge is 2.28. The van der Waals surface area contributed by atoms with Gasteiger partial charge in [-0.2, -0.15) is 4.98 Å². The van der Waals surface area contributed by atoms with Crippen molar-refractivity contribution in [1.82, 2.24) is 20.4 Å². The SMILES string of the molecule is CCc1cccnc1-c1noc(C(C(C)C)C(C)NC)n1. The normalized spacial score (nSPS) is 14.4. The lowest BCUT2D eigenvalue weighted by Crippen LogP contribution is -2.32. The highest BCUT2D eigenvalue weighted by molar-refractivity contribution is 5.53. The average Bonchev–Trinajstić information content (AvgIpc) is 2.96. The number of rotatable bonds is 6. The number of aryl methyl sites for hydroxylation is 1. The van der Waals surface area contributed by atoms with E-state index in [0.717, 1.165) is 17.7 Å². The summed E-state index contributed by atoms with van der Waals surface area (Å²) in [7, 11) is 1.95. The van der Waals surface area contributed by atoms with Gasteiger partial charge in [0, 0.05) is 12.2 Å². The Morgan fingerprint density at radius 3 is 2.67 bits per heavy atom. The molecule has 0 amide bonds. The predicted octanol–water partition coefficient (Wildman–Crippen LogP) is 3.04. The molecule has 114 valence electrons. The second-order valence-electron chi connectivity index (χ2n) is 5.67. The fourth-order valence-electron chi connectivity index (χ4n) is 2.65. The number of hydrogen-bond donors (Lipinski definition) is 1. The highest BCUT2D eigenvalue weighted by atomic mass is 16.5. The third-order valence-corrected chi connectivity index (χ3v) is 3.92. The van der Waals surface area contributed by atoms with Crippen molar-refractivity contribution in [1.29, 1.82) is 0 Å². The Balaban J connectivity index is 2.36. The molecule has 0 saturated carbocycles. The number of hydrogen-bond acceptors (Lipinski definition) is 5. The van der Waals surface area contributed by atoms with Gasteiger partial charge in [0.05, 0.1) is 5.92 Å². The first-order valence-electron chi connectivity index (χ1n) is 7.53. The summed E-state index contributed by atoms with van der Waals surface area (Å²) < 4.78 is 5.52. The molecule has 21 heavy (non-hydrogen) atoms. The van der Waals surface area contributed by atoms with Crippen LogP contribution >= 0.6 is 0 Å². The molecule has 0 aliphatic heterocycles. The van der Waals surface area contributed by atoms with Crippen molar-refractivity contribution in [3.8, 4) is 11.5 Å². The van der Waals surface area contributed by atoms with Gasteiger partial charge in [0.2, 0.25) is 11.7 Å². The summed E-state index contributed by atoms with van der Waals surface area (Å²) in [5.74, 6) is 1.85. The predicted molar refractivity (Wildman–Crippen MR) is 83.0 cm³/mol. The molecule has 0 radical (unpaired) electrons. The first-order valence-corrected chi connectivity index (χ1v) is 7.53. The molecule has 2 aromatic rings. The molecule has 0 bridgehead atoms. The molecule has 2 rings (SSSR count). The van der Waals surface area contributed by atoms with Crippen LogP contribution < -0.4 is 5.32 Å². The minimum absolute atomic E-state index is 0.185. The van der Waals surface area contributed by atoms with Gasteiger partial charge < -0.3 is 9.84 Å². The molecule has 2 unspecified atom stereocenters. The summed E-state index contributed by atoms with van der Waals surface area (Å²) in [6.45, 7) is 8.57. The molecule has 5 heteroatoms. The Kier molecular flexibility index (Phi) is 5.07. The summed E-state index contributed by atoms with van der Waals surface area (Å²) >= 11 is 0. The molecule has 5 nitrogen and oxygen atoms in total. The number of pyridine rings is 1. The minimum atomic E-state index is 0.185. The van der Waals surface area contributed by atoms with Crippen molar-refractivity contribution < 1.29 is 4.52 Å². The van der Waals surface area contributed by atoms with Crippen LogP contribution in [0.1, 0.15) is 45.1 Å². The zero-order valence-electron chi connectivity index (χ0n) is 13.4. The van der Waals surface area contributed by atoms with Gasteiger partial charge in [-0.25, -0.2) is 0 Å². The Labute approximate surface area is 126 Å². The van der Waals surface area contributed by atoms with Crippen LogP contribution in [0, 0.1) is 5.92 Å². The van der Waals surface area contributed by atoms with Crippen molar-refractivity contribution in [3.05, 3.63) is 29.8 Å². The molecule has 2 aromatic heterocycles. The summed E-state index contributed by atoms with van der Waals surface area (Å²) in [6.07, 6.45) is 2.66. The van der Waals surface area contributed by atoms with Crippen LogP contribution in [0.25, 0.3) is 11.5 Å². The highest BCUT2D eigenvalue weighted by Crippen LogP contribution is 2.28. The molecule has 0 aromatic carbocycles. The average molecular weight is 288 g/mol. The van der Waals surface area contributed by atoms with E-state index in [1.165, 1.54) is 0 Å². The van der Waals surface area contributed by atoms with Gasteiger partial charge in [-0.3, -0.25) is 4.98 Å². The molecule has 0 saturated heterocycles. The lowest BCUT2D eigenvalue weighted by molar-refractivity contribution is 0.286. The fraction of sp³-hybridized carbons (Fsp3) is 0.562. The molecular formula is C16H24N4O. The lowest BCUT2D eigenvalue weighted by atomic mass is 9.89. The maximum atomic E-state index is 5.52. The topological polar surface area (TPSA) is 63.8 Å². The van der Waals surface area contributed by atoms with E-state index in [4.69, 9.17) is 4.52 Å². The summed E-state index contributed by atoms with van der Waals surface area (Å²) in [6, 6.07) is 4.25. The van der Waals surface area contributed by atoms with E-state index in [1.54, 1.807) is 6.20 Å². The number of likely N-dealkylation sites (N-methyl/N-ethyl adjacent to an activating group) is 1. The van der Waals surface area contributed by atoms with Crippen molar-refractivity contribution in [2.45, 2.75) is 46.1 Å². The molecule has 0 aliphatic carbocycles. The minimum Gasteiger partial charge on any atom is -0.339 e. The van der Waals surface area contributed by atoms with Gasteiger partial charge in [0.1, 0.15) is 5.69 Å². The zero-order chi connectivity index (χ0) is 15.4. The Morgan fingerprint density at radius 1 is 1.29 bits per heavy atom. The summed E-state index contributed by atoms with van der Waals surface area (Å²) in [5, 5.41) is 7.41. The van der Waals surface area contributed by atoms with Gasteiger partial charge in [-0.1, -0.05) is 32.0 Å². The van der Waals surface area contributed by atoms with Crippen molar-refractivity contribution in [2.24, 2.45) is 5.92 Å². The van der Waals surface area contributed by atoms with Crippen LogP contribution in [0.3, 0.4) is 0 Å². The maximum Gasteiger partial charge on any atom is 0.231 e. The van der Waals surface area contributed by atoms with Crippen LogP contribution in [0.2, 0.25) is 0 Å². The van der Waals surface area contributed by atoms with E-state index in [0.29, 0.717) is 17.6 Å². The van der Waals surface area contributed by atoms with E-state index in [1.807, 2.05) is 13.1 Å². The number of nitrogens with zero attached hydrogens (tertiary/aromatic N) is 3. The van der Waals surface area contributed by atoms with Crippen LogP contribution in [0.5, 0.6) is 0 Å². The van der Waals surface area contributed by atoms with Crippen molar-refractivity contribution in [2.75, 3.05) is 7.05 Å². The third-order valence-electron chi connectivity index (χ3n) is 3.92. The van der Waals surface area contributed by atoms with Crippen LogP contribution in [-0.2, 0) is 6.42 Å². The second-order valence-corrected chi connectivity index (χ2v) is 5.67. The largest absolute Gasteiger partial charge is 0.339 e. The molecule has 2 heterocycles. The van der Waals surface area contributed by atoms with Crippen LogP contribution in [-0.4, -0.2) is 28.2 Å². The quantitative estimate of drug-likeness (QED) is 0.885. The first kappa shape index (κ1) is 15.6. The zero-order valence-corrected chi connectivity index (χ0v) is 13.4. The standard InChI is InChI=1S/C16H24N4O/c1-6-12-8-7-9-18-14(12)15-19-16(21-20-15)13(10(2)3)11(4)17-5/h7-11,13,17H,6H2,1-5H3. The van der Waals surface area contributed by atoms with Gasteiger partial charge in [-0.15, -0.1) is 0 Å². The van der Waals surface area contributed by atoms with E-state index in [2.05, 4.69) is 54.2 Å². The molecule has 0 spiro atoms. The fourth-order valence-corrected chi connectivity index (χ4v) is 2.65. The Morgan fingerprint density at radius 2 is 2.05 bits per heavy atom. The Hall–Kier alpha value is -1.75.